The van der Waals surface area contributed by atoms with Crippen molar-refractivity contribution in [2.24, 2.45) is 0 Å². The van der Waals surface area contributed by atoms with Crippen molar-refractivity contribution in [1.82, 2.24) is 5.32 Å². The van der Waals surface area contributed by atoms with E-state index < -0.39 is 0 Å². The van der Waals surface area contributed by atoms with Gasteiger partial charge in [-0.2, -0.15) is 0 Å². The zero-order valence-electron chi connectivity index (χ0n) is 16.5. The summed E-state index contributed by atoms with van der Waals surface area (Å²) in [4.78, 5) is 23.8. The highest BCUT2D eigenvalue weighted by molar-refractivity contribution is 7.80. The summed E-state index contributed by atoms with van der Waals surface area (Å²) in [5.41, 5.74) is 2.20. The third-order valence-corrected chi connectivity index (χ3v) is 3.94. The summed E-state index contributed by atoms with van der Waals surface area (Å²) in [7, 11) is 0. The van der Waals surface area contributed by atoms with Crippen LogP contribution in [-0.2, 0) is 9.59 Å². The Bertz CT molecular complexity index is 879. The Hall–Kier alpha value is -3.19. The van der Waals surface area contributed by atoms with Crippen molar-refractivity contribution in [3.63, 3.8) is 0 Å². The number of hydrogen-bond acceptors (Lipinski definition) is 4. The fourth-order valence-electron chi connectivity index (χ4n) is 2.45. The van der Waals surface area contributed by atoms with Crippen LogP contribution in [0, 0.1) is 0 Å². The molecule has 0 radical (unpaired) electrons. The van der Waals surface area contributed by atoms with Crippen LogP contribution < -0.4 is 20.7 Å². The van der Waals surface area contributed by atoms with E-state index in [0.29, 0.717) is 24.4 Å². The number of ether oxygens (including phenoxy) is 1. The Morgan fingerprint density at radius 2 is 1.72 bits per heavy atom. The van der Waals surface area contributed by atoms with Crippen molar-refractivity contribution in [2.75, 3.05) is 17.2 Å². The van der Waals surface area contributed by atoms with Gasteiger partial charge in [0.15, 0.2) is 5.11 Å². The van der Waals surface area contributed by atoms with Gasteiger partial charge in [0, 0.05) is 23.9 Å². The highest BCUT2D eigenvalue weighted by atomic mass is 32.1. The number of rotatable bonds is 8. The van der Waals surface area contributed by atoms with E-state index in [1.807, 2.05) is 38.1 Å². The summed E-state index contributed by atoms with van der Waals surface area (Å²) in [5, 5.41) is 8.52. The molecular weight excluding hydrogens is 386 g/mol. The average molecular weight is 412 g/mol. The van der Waals surface area contributed by atoms with E-state index >= 15 is 0 Å². The van der Waals surface area contributed by atoms with Crippen LogP contribution in [0.15, 0.2) is 54.6 Å². The first-order valence-electron chi connectivity index (χ1n) is 9.43. The van der Waals surface area contributed by atoms with Crippen molar-refractivity contribution < 1.29 is 14.3 Å². The maximum absolute atomic E-state index is 12.1. The van der Waals surface area contributed by atoms with E-state index in [1.165, 1.54) is 6.08 Å². The molecule has 0 unspecified atom stereocenters. The lowest BCUT2D eigenvalue weighted by molar-refractivity contribution is -0.116. The fourth-order valence-corrected chi connectivity index (χ4v) is 2.67. The van der Waals surface area contributed by atoms with Crippen LogP contribution in [0.1, 0.15) is 32.3 Å². The summed E-state index contributed by atoms with van der Waals surface area (Å²) in [5.74, 6) is 0.399. The van der Waals surface area contributed by atoms with Crippen LogP contribution >= 0.6 is 12.2 Å². The molecule has 2 amide bonds. The van der Waals surface area contributed by atoms with Crippen molar-refractivity contribution in [1.29, 1.82) is 0 Å². The molecule has 0 aromatic heterocycles. The lowest BCUT2D eigenvalue weighted by atomic mass is 10.2. The Balaban J connectivity index is 1.86. The van der Waals surface area contributed by atoms with Gasteiger partial charge in [-0.05, 0) is 67.5 Å². The fraction of sp³-hybridized carbons (Fsp3) is 0.227. The van der Waals surface area contributed by atoms with Gasteiger partial charge in [-0.25, -0.2) is 0 Å². The van der Waals surface area contributed by atoms with Gasteiger partial charge in [-0.15, -0.1) is 0 Å². The lowest BCUT2D eigenvalue weighted by Crippen LogP contribution is -2.32. The van der Waals surface area contributed by atoms with Gasteiger partial charge in [0.25, 0.3) is 0 Å². The number of hydrogen-bond donors (Lipinski definition) is 3. The molecule has 0 bridgehead atoms. The van der Waals surface area contributed by atoms with Gasteiger partial charge in [0.1, 0.15) is 5.75 Å². The predicted octanol–water partition coefficient (Wildman–Crippen LogP) is 4.35. The number of carbonyl (C=O) groups is 2. The van der Waals surface area contributed by atoms with Gasteiger partial charge in [-0.1, -0.05) is 25.1 Å². The van der Waals surface area contributed by atoms with E-state index in [9.17, 15) is 9.59 Å². The summed E-state index contributed by atoms with van der Waals surface area (Å²) in [6.07, 6.45) is 4.35. The summed E-state index contributed by atoms with van der Waals surface area (Å²) in [6.45, 7) is 4.48. The molecule has 0 saturated carbocycles. The highest BCUT2D eigenvalue weighted by Crippen LogP contribution is 2.16. The van der Waals surface area contributed by atoms with Gasteiger partial charge < -0.3 is 15.4 Å². The van der Waals surface area contributed by atoms with Crippen LogP contribution in [0.25, 0.3) is 6.08 Å². The van der Waals surface area contributed by atoms with Crippen LogP contribution in [0.5, 0.6) is 5.75 Å². The van der Waals surface area contributed by atoms with Crippen LogP contribution in [0.2, 0.25) is 0 Å². The molecule has 7 heteroatoms. The molecule has 2 aromatic rings. The van der Waals surface area contributed by atoms with Crippen LogP contribution in [0.3, 0.4) is 0 Å². The number of thiocarbonyl (C=S) groups is 1. The van der Waals surface area contributed by atoms with E-state index in [0.717, 1.165) is 17.7 Å². The maximum Gasteiger partial charge on any atom is 0.250 e. The molecule has 0 atom stereocenters. The minimum absolute atomic E-state index is 0.0417. The van der Waals surface area contributed by atoms with E-state index in [4.69, 9.17) is 17.0 Å². The first-order chi connectivity index (χ1) is 14.0. The number of amides is 2. The van der Waals surface area contributed by atoms with Crippen LogP contribution in [0.4, 0.5) is 11.4 Å². The van der Waals surface area contributed by atoms with Crippen molar-refractivity contribution in [3.05, 3.63) is 60.2 Å². The highest BCUT2D eigenvalue weighted by Gasteiger charge is 2.04. The monoisotopic (exact) mass is 411 g/mol. The first-order valence-corrected chi connectivity index (χ1v) is 9.83. The van der Waals surface area contributed by atoms with E-state index in [2.05, 4.69) is 16.0 Å². The van der Waals surface area contributed by atoms with Crippen molar-refractivity contribution in [3.8, 4) is 5.75 Å². The minimum atomic E-state index is -0.344. The zero-order chi connectivity index (χ0) is 21.1. The molecule has 29 heavy (non-hydrogen) atoms. The Labute approximate surface area is 176 Å². The second-order valence-electron chi connectivity index (χ2n) is 6.16. The number of nitrogens with one attached hydrogen (secondary N) is 3. The topological polar surface area (TPSA) is 79.5 Å². The number of benzene rings is 2. The molecule has 2 rings (SSSR count). The summed E-state index contributed by atoms with van der Waals surface area (Å²) in [6, 6.07) is 14.6. The third kappa shape index (κ3) is 8.15. The quantitative estimate of drug-likeness (QED) is 0.445. The van der Waals surface area contributed by atoms with Crippen molar-refractivity contribution in [2.45, 2.75) is 26.7 Å². The second kappa shape index (κ2) is 11.6. The van der Waals surface area contributed by atoms with Gasteiger partial charge in [0.2, 0.25) is 11.8 Å². The first kappa shape index (κ1) is 22.1. The zero-order valence-corrected chi connectivity index (χ0v) is 17.3. The summed E-state index contributed by atoms with van der Waals surface area (Å²) < 4.78 is 5.39. The molecule has 3 N–H and O–H groups in total. The molecule has 0 aliphatic rings. The Morgan fingerprint density at radius 3 is 2.38 bits per heavy atom. The number of anilines is 2. The minimum Gasteiger partial charge on any atom is -0.494 e. The lowest BCUT2D eigenvalue weighted by Gasteiger charge is -2.10. The smallest absolute Gasteiger partial charge is 0.250 e. The largest absolute Gasteiger partial charge is 0.494 e. The van der Waals surface area contributed by atoms with E-state index in [-0.39, 0.29) is 16.9 Å². The molecule has 0 aliphatic heterocycles. The third-order valence-electron chi connectivity index (χ3n) is 3.74. The normalized spacial score (nSPS) is 10.4. The van der Waals surface area contributed by atoms with Crippen molar-refractivity contribution >= 4 is 46.6 Å². The molecule has 6 nitrogen and oxygen atoms in total. The maximum atomic E-state index is 12.1. The molecule has 0 spiro atoms. The average Bonchev–Trinajstić information content (AvgIpc) is 2.68. The molecule has 152 valence electrons. The standard InChI is InChI=1S/C22H25N3O3S/c1-3-6-20(26)23-17-7-5-8-18(15-17)24-22(29)25-21(27)14-11-16-9-12-19(13-10-16)28-4-2/h5,7-15H,3-4,6H2,1-2H3,(H,23,26)(H2,24,25,27,29)/b14-11+. The second-order valence-corrected chi connectivity index (χ2v) is 6.57. The molecule has 0 aliphatic carbocycles. The molecule has 2 aromatic carbocycles. The predicted molar refractivity (Wildman–Crippen MR) is 121 cm³/mol. The molecule has 0 fully saturated rings. The molecule has 0 saturated heterocycles. The molecular formula is C22H25N3O3S. The SMILES string of the molecule is CCCC(=O)Nc1cccc(NC(=S)NC(=O)/C=C/c2ccc(OCC)cc2)c1. The Kier molecular flexibility index (Phi) is 8.85. The van der Waals surface area contributed by atoms with Gasteiger partial charge in [-0.3, -0.25) is 14.9 Å². The molecule has 0 heterocycles. The van der Waals surface area contributed by atoms with Gasteiger partial charge in [0.05, 0.1) is 6.61 Å². The summed E-state index contributed by atoms with van der Waals surface area (Å²) >= 11 is 5.18. The van der Waals surface area contributed by atoms with E-state index in [1.54, 1.807) is 30.3 Å². The Morgan fingerprint density at radius 1 is 1.03 bits per heavy atom. The number of carbonyl (C=O) groups excluding carboxylic acids is 2. The van der Waals surface area contributed by atoms with Gasteiger partial charge >= 0.3 is 0 Å². The van der Waals surface area contributed by atoms with Crippen LogP contribution in [-0.4, -0.2) is 23.5 Å².